The van der Waals surface area contributed by atoms with E-state index < -0.39 is 11.8 Å². The number of methoxy groups -OCH3 is 1. The predicted molar refractivity (Wildman–Crippen MR) is 79.1 cm³/mol. The maximum Gasteiger partial charge on any atom is 0.328 e. The highest BCUT2D eigenvalue weighted by Gasteiger charge is 2.10. The Morgan fingerprint density at radius 1 is 1.24 bits per heavy atom. The van der Waals surface area contributed by atoms with Crippen molar-refractivity contribution in [3.8, 4) is 11.5 Å². The number of carboxylic acids is 1. The number of ether oxygens (including phenoxy) is 2. The van der Waals surface area contributed by atoms with Crippen molar-refractivity contribution in [2.24, 2.45) is 5.92 Å². The number of carboxylic acid groups (broad SMARTS) is 1. The maximum absolute atomic E-state index is 11.8. The number of hydrogen-bond donors (Lipinski definition) is 1. The summed E-state index contributed by atoms with van der Waals surface area (Å²) in [6.07, 6.45) is 2.72. The first-order chi connectivity index (χ1) is 9.93. The molecule has 0 spiro atoms. The van der Waals surface area contributed by atoms with Gasteiger partial charge >= 0.3 is 5.97 Å². The molecule has 5 heteroatoms. The van der Waals surface area contributed by atoms with Crippen LogP contribution >= 0.6 is 0 Å². The number of rotatable bonds is 8. The summed E-state index contributed by atoms with van der Waals surface area (Å²) < 4.78 is 10.8. The van der Waals surface area contributed by atoms with Gasteiger partial charge in [-0.25, -0.2) is 4.79 Å². The van der Waals surface area contributed by atoms with E-state index in [1.165, 1.54) is 7.11 Å². The minimum Gasteiger partial charge on any atom is -0.493 e. The van der Waals surface area contributed by atoms with Crippen LogP contribution in [-0.4, -0.2) is 30.6 Å². The van der Waals surface area contributed by atoms with Crippen molar-refractivity contribution in [3.05, 3.63) is 35.9 Å². The first-order valence-corrected chi connectivity index (χ1v) is 6.70. The summed E-state index contributed by atoms with van der Waals surface area (Å²) in [5.41, 5.74) is 0.354. The molecule has 0 saturated carbocycles. The van der Waals surface area contributed by atoms with Crippen molar-refractivity contribution < 1.29 is 24.2 Å². The van der Waals surface area contributed by atoms with Gasteiger partial charge in [-0.1, -0.05) is 13.8 Å². The summed E-state index contributed by atoms with van der Waals surface area (Å²) in [6.45, 7) is 4.71. The van der Waals surface area contributed by atoms with Crippen LogP contribution < -0.4 is 9.47 Å². The third-order valence-electron chi connectivity index (χ3n) is 2.78. The van der Waals surface area contributed by atoms with Crippen molar-refractivity contribution in [2.75, 3.05) is 13.7 Å². The highest BCUT2D eigenvalue weighted by molar-refractivity contribution is 6.07. The Morgan fingerprint density at radius 3 is 2.52 bits per heavy atom. The highest BCUT2D eigenvalue weighted by atomic mass is 16.5. The molecule has 0 aliphatic heterocycles. The third kappa shape index (κ3) is 5.69. The standard InChI is InChI=1S/C16H20O5/c1-11(2)8-9-21-15-10-12(4-6-14(15)20-3)13(17)5-7-16(18)19/h4-7,10-11H,8-9H2,1-3H3,(H,18,19). The smallest absolute Gasteiger partial charge is 0.328 e. The molecule has 0 fully saturated rings. The lowest BCUT2D eigenvalue weighted by molar-refractivity contribution is -0.131. The van der Waals surface area contributed by atoms with Crippen molar-refractivity contribution in [3.63, 3.8) is 0 Å². The normalized spacial score (nSPS) is 10.9. The van der Waals surface area contributed by atoms with Crippen molar-refractivity contribution in [1.29, 1.82) is 0 Å². The van der Waals surface area contributed by atoms with Crippen LogP contribution in [0.25, 0.3) is 0 Å². The van der Waals surface area contributed by atoms with Crippen LogP contribution in [0.3, 0.4) is 0 Å². The lowest BCUT2D eigenvalue weighted by Crippen LogP contribution is -2.04. The predicted octanol–water partition coefficient (Wildman–Crippen LogP) is 2.94. The van der Waals surface area contributed by atoms with E-state index in [9.17, 15) is 9.59 Å². The summed E-state index contributed by atoms with van der Waals surface area (Å²) in [4.78, 5) is 22.3. The zero-order valence-electron chi connectivity index (χ0n) is 12.5. The van der Waals surface area contributed by atoms with E-state index in [1.54, 1.807) is 18.2 Å². The molecule has 1 rings (SSSR count). The molecule has 0 saturated heterocycles. The minimum atomic E-state index is -1.16. The van der Waals surface area contributed by atoms with E-state index in [1.807, 2.05) is 0 Å². The maximum atomic E-state index is 11.8. The molecule has 0 aromatic heterocycles. The van der Waals surface area contributed by atoms with Crippen LogP contribution in [0, 0.1) is 5.92 Å². The summed E-state index contributed by atoms with van der Waals surface area (Å²) in [6, 6.07) is 4.77. The van der Waals surface area contributed by atoms with E-state index in [0.29, 0.717) is 29.6 Å². The molecule has 0 unspecified atom stereocenters. The Hall–Kier alpha value is -2.30. The fourth-order valence-electron chi connectivity index (χ4n) is 1.59. The molecule has 0 aliphatic carbocycles. The van der Waals surface area contributed by atoms with E-state index >= 15 is 0 Å². The molecule has 0 radical (unpaired) electrons. The Kier molecular flexibility index (Phi) is 6.46. The number of aliphatic carboxylic acids is 1. The molecule has 0 aliphatic rings. The monoisotopic (exact) mass is 292 g/mol. The van der Waals surface area contributed by atoms with E-state index in [4.69, 9.17) is 14.6 Å². The van der Waals surface area contributed by atoms with Crippen molar-refractivity contribution in [1.82, 2.24) is 0 Å². The Morgan fingerprint density at radius 2 is 1.95 bits per heavy atom. The van der Waals surface area contributed by atoms with Gasteiger partial charge in [0.25, 0.3) is 0 Å². The van der Waals surface area contributed by atoms with Gasteiger partial charge in [0, 0.05) is 11.6 Å². The number of ketones is 1. The van der Waals surface area contributed by atoms with Gasteiger partial charge in [0.05, 0.1) is 13.7 Å². The van der Waals surface area contributed by atoms with Gasteiger partial charge in [-0.2, -0.15) is 0 Å². The van der Waals surface area contributed by atoms with Gasteiger partial charge in [-0.05, 0) is 36.6 Å². The molecule has 21 heavy (non-hydrogen) atoms. The fourth-order valence-corrected chi connectivity index (χ4v) is 1.59. The quantitative estimate of drug-likeness (QED) is 0.589. The molecule has 0 atom stereocenters. The molecule has 0 bridgehead atoms. The lowest BCUT2D eigenvalue weighted by Gasteiger charge is -2.12. The highest BCUT2D eigenvalue weighted by Crippen LogP contribution is 2.28. The molecular formula is C16H20O5. The lowest BCUT2D eigenvalue weighted by atomic mass is 10.1. The minimum absolute atomic E-state index is 0.354. The Labute approximate surface area is 124 Å². The molecule has 0 amide bonds. The fraction of sp³-hybridized carbons (Fsp3) is 0.375. The average Bonchev–Trinajstić information content (AvgIpc) is 2.44. The second-order valence-electron chi connectivity index (χ2n) is 4.93. The zero-order valence-corrected chi connectivity index (χ0v) is 12.5. The van der Waals surface area contributed by atoms with Gasteiger partial charge in [0.1, 0.15) is 0 Å². The molecule has 0 heterocycles. The van der Waals surface area contributed by atoms with E-state index in [0.717, 1.165) is 18.6 Å². The van der Waals surface area contributed by atoms with Crippen molar-refractivity contribution >= 4 is 11.8 Å². The first-order valence-electron chi connectivity index (χ1n) is 6.70. The third-order valence-corrected chi connectivity index (χ3v) is 2.78. The number of carbonyl (C=O) groups is 2. The SMILES string of the molecule is COc1ccc(C(=O)C=CC(=O)O)cc1OCCC(C)C. The molecule has 1 aromatic carbocycles. The molecular weight excluding hydrogens is 272 g/mol. The number of allylic oxidation sites excluding steroid dienone is 1. The second kappa shape index (κ2) is 8.09. The molecule has 5 nitrogen and oxygen atoms in total. The summed E-state index contributed by atoms with van der Waals surface area (Å²) in [5, 5.41) is 8.53. The summed E-state index contributed by atoms with van der Waals surface area (Å²) >= 11 is 0. The number of hydrogen-bond acceptors (Lipinski definition) is 4. The molecule has 1 N–H and O–H groups in total. The van der Waals surface area contributed by atoms with Gasteiger partial charge in [0.2, 0.25) is 0 Å². The summed E-state index contributed by atoms with van der Waals surface area (Å²) in [7, 11) is 1.52. The van der Waals surface area contributed by atoms with E-state index in [2.05, 4.69) is 13.8 Å². The number of carbonyl (C=O) groups excluding carboxylic acids is 1. The van der Waals surface area contributed by atoms with Crippen molar-refractivity contribution in [2.45, 2.75) is 20.3 Å². The average molecular weight is 292 g/mol. The van der Waals surface area contributed by atoms with Crippen LogP contribution in [0.4, 0.5) is 0 Å². The van der Waals surface area contributed by atoms with Crippen LogP contribution in [-0.2, 0) is 4.79 Å². The van der Waals surface area contributed by atoms with Gasteiger partial charge in [0.15, 0.2) is 17.3 Å². The second-order valence-corrected chi connectivity index (χ2v) is 4.93. The van der Waals surface area contributed by atoms with Crippen LogP contribution in [0.2, 0.25) is 0 Å². The summed E-state index contributed by atoms with van der Waals surface area (Å²) in [5.74, 6) is -0.0245. The van der Waals surface area contributed by atoms with Gasteiger partial charge in [-0.3, -0.25) is 4.79 Å². The Bertz CT molecular complexity index is 531. The van der Waals surface area contributed by atoms with E-state index in [-0.39, 0.29) is 0 Å². The number of benzene rings is 1. The topological polar surface area (TPSA) is 72.8 Å². The van der Waals surface area contributed by atoms with Gasteiger partial charge in [-0.15, -0.1) is 0 Å². The van der Waals surface area contributed by atoms with Gasteiger partial charge < -0.3 is 14.6 Å². The Balaban J connectivity index is 2.88. The zero-order chi connectivity index (χ0) is 15.8. The van der Waals surface area contributed by atoms with Crippen LogP contribution in [0.15, 0.2) is 30.4 Å². The molecule has 114 valence electrons. The largest absolute Gasteiger partial charge is 0.493 e. The first kappa shape index (κ1) is 16.8. The molecule has 1 aromatic rings. The van der Waals surface area contributed by atoms with Crippen LogP contribution in [0.1, 0.15) is 30.6 Å². The van der Waals surface area contributed by atoms with Crippen LogP contribution in [0.5, 0.6) is 11.5 Å².